The summed E-state index contributed by atoms with van der Waals surface area (Å²) in [6.07, 6.45) is 0.806. The smallest absolute Gasteiger partial charge is 0.160 e. The first kappa shape index (κ1) is 10.4. The molecule has 0 saturated carbocycles. The average Bonchev–Trinajstić information content (AvgIpc) is 2.69. The van der Waals surface area contributed by atoms with Gasteiger partial charge in [0.2, 0.25) is 0 Å². The van der Waals surface area contributed by atoms with Gasteiger partial charge in [-0.25, -0.2) is 0 Å². The Hall–Kier alpha value is -1.13. The predicted molar refractivity (Wildman–Crippen MR) is 64.5 cm³/mol. The van der Waals surface area contributed by atoms with E-state index in [4.69, 9.17) is 0 Å². The van der Waals surface area contributed by atoms with Crippen molar-refractivity contribution in [1.29, 1.82) is 0 Å². The Kier molecular flexibility index (Phi) is 2.88. The second kappa shape index (κ2) is 4.16. The van der Waals surface area contributed by atoms with Crippen LogP contribution in [0.25, 0.3) is 11.1 Å². The van der Waals surface area contributed by atoms with Crippen molar-refractivity contribution in [3.63, 3.8) is 0 Å². The SMILES string of the molecule is O=Cc1sccc1-c1cc(Br)ccc1O. The molecule has 0 fully saturated rings. The summed E-state index contributed by atoms with van der Waals surface area (Å²) < 4.78 is 0.873. The summed E-state index contributed by atoms with van der Waals surface area (Å²) in [4.78, 5) is 11.4. The lowest BCUT2D eigenvalue weighted by Gasteiger charge is -2.03. The molecular weight excluding hydrogens is 276 g/mol. The van der Waals surface area contributed by atoms with Crippen molar-refractivity contribution in [3.8, 4) is 16.9 Å². The van der Waals surface area contributed by atoms with E-state index in [0.717, 1.165) is 16.3 Å². The molecule has 0 amide bonds. The van der Waals surface area contributed by atoms with Crippen LogP contribution >= 0.6 is 27.3 Å². The molecule has 0 radical (unpaired) electrons. The molecule has 0 spiro atoms. The van der Waals surface area contributed by atoms with E-state index in [0.29, 0.717) is 10.4 Å². The van der Waals surface area contributed by atoms with Crippen LogP contribution in [0.3, 0.4) is 0 Å². The zero-order valence-corrected chi connectivity index (χ0v) is 10.0. The Morgan fingerprint density at radius 3 is 2.80 bits per heavy atom. The summed E-state index contributed by atoms with van der Waals surface area (Å²) in [7, 11) is 0. The molecule has 1 aromatic heterocycles. The Labute approximate surface area is 99.3 Å². The highest BCUT2D eigenvalue weighted by Crippen LogP contribution is 2.35. The first-order valence-corrected chi connectivity index (χ1v) is 5.91. The molecule has 15 heavy (non-hydrogen) atoms. The van der Waals surface area contributed by atoms with E-state index < -0.39 is 0 Å². The molecule has 0 saturated heterocycles. The van der Waals surface area contributed by atoms with Gasteiger partial charge >= 0.3 is 0 Å². The second-order valence-electron chi connectivity index (χ2n) is 2.98. The van der Waals surface area contributed by atoms with Gasteiger partial charge in [0.05, 0.1) is 4.88 Å². The lowest BCUT2D eigenvalue weighted by Crippen LogP contribution is -1.81. The van der Waals surface area contributed by atoms with E-state index in [9.17, 15) is 9.90 Å². The minimum atomic E-state index is 0.180. The highest BCUT2D eigenvalue weighted by molar-refractivity contribution is 9.10. The Balaban J connectivity index is 2.62. The van der Waals surface area contributed by atoms with E-state index in [1.54, 1.807) is 18.2 Å². The molecule has 1 heterocycles. The topological polar surface area (TPSA) is 37.3 Å². The number of phenolic OH excluding ortho intramolecular Hbond substituents is 1. The molecule has 0 aliphatic carbocycles. The first-order chi connectivity index (χ1) is 7.22. The molecule has 0 aliphatic heterocycles. The highest BCUT2D eigenvalue weighted by atomic mass is 79.9. The maximum absolute atomic E-state index is 10.8. The minimum absolute atomic E-state index is 0.180. The quantitative estimate of drug-likeness (QED) is 0.853. The van der Waals surface area contributed by atoms with Crippen molar-refractivity contribution in [2.75, 3.05) is 0 Å². The molecule has 2 rings (SSSR count). The van der Waals surface area contributed by atoms with Gasteiger partial charge in [-0.05, 0) is 29.6 Å². The highest BCUT2D eigenvalue weighted by Gasteiger charge is 2.10. The van der Waals surface area contributed by atoms with Crippen LogP contribution in [0.2, 0.25) is 0 Å². The third-order valence-corrected chi connectivity index (χ3v) is 3.39. The van der Waals surface area contributed by atoms with Gasteiger partial charge in [0.15, 0.2) is 6.29 Å². The standard InChI is InChI=1S/C11H7BrO2S/c12-7-1-2-10(14)9(5-7)8-3-4-15-11(8)6-13/h1-6,14H. The van der Waals surface area contributed by atoms with E-state index in [1.807, 2.05) is 11.4 Å². The van der Waals surface area contributed by atoms with E-state index in [1.165, 1.54) is 11.3 Å². The van der Waals surface area contributed by atoms with Crippen molar-refractivity contribution < 1.29 is 9.90 Å². The molecule has 2 nitrogen and oxygen atoms in total. The molecule has 0 atom stereocenters. The monoisotopic (exact) mass is 282 g/mol. The Morgan fingerprint density at radius 1 is 1.27 bits per heavy atom. The Bertz CT molecular complexity index is 505. The van der Waals surface area contributed by atoms with Crippen LogP contribution in [0.5, 0.6) is 5.75 Å². The van der Waals surface area contributed by atoms with Crippen molar-refractivity contribution >= 4 is 33.6 Å². The minimum Gasteiger partial charge on any atom is -0.507 e. The molecule has 0 aliphatic rings. The number of carbonyl (C=O) groups is 1. The van der Waals surface area contributed by atoms with Crippen molar-refractivity contribution in [3.05, 3.63) is 39.0 Å². The van der Waals surface area contributed by atoms with Gasteiger partial charge < -0.3 is 5.11 Å². The second-order valence-corrected chi connectivity index (χ2v) is 4.84. The van der Waals surface area contributed by atoms with Crippen LogP contribution in [0.4, 0.5) is 0 Å². The molecule has 1 aromatic carbocycles. The van der Waals surface area contributed by atoms with Crippen LogP contribution in [-0.4, -0.2) is 11.4 Å². The van der Waals surface area contributed by atoms with Crippen molar-refractivity contribution in [2.24, 2.45) is 0 Å². The lowest BCUT2D eigenvalue weighted by molar-refractivity contribution is 0.112. The molecule has 4 heteroatoms. The van der Waals surface area contributed by atoms with E-state index in [-0.39, 0.29) is 5.75 Å². The molecule has 0 unspecified atom stereocenters. The van der Waals surface area contributed by atoms with E-state index >= 15 is 0 Å². The fraction of sp³-hybridized carbons (Fsp3) is 0. The number of benzene rings is 1. The number of carbonyl (C=O) groups excluding carboxylic acids is 1. The summed E-state index contributed by atoms with van der Waals surface area (Å²) in [5.41, 5.74) is 1.45. The Morgan fingerprint density at radius 2 is 2.07 bits per heavy atom. The van der Waals surface area contributed by atoms with Crippen molar-refractivity contribution in [1.82, 2.24) is 0 Å². The van der Waals surface area contributed by atoms with E-state index in [2.05, 4.69) is 15.9 Å². The number of thiophene rings is 1. The number of phenols is 1. The largest absolute Gasteiger partial charge is 0.507 e. The van der Waals surface area contributed by atoms with Crippen LogP contribution in [0.1, 0.15) is 9.67 Å². The normalized spacial score (nSPS) is 10.2. The third kappa shape index (κ3) is 1.96. The fourth-order valence-corrected chi connectivity index (χ4v) is 2.43. The predicted octanol–water partition coefficient (Wildman–Crippen LogP) is 3.70. The van der Waals surface area contributed by atoms with Crippen LogP contribution in [0.15, 0.2) is 34.1 Å². The van der Waals surface area contributed by atoms with Gasteiger partial charge in [0.1, 0.15) is 5.75 Å². The zero-order valence-electron chi connectivity index (χ0n) is 7.61. The van der Waals surface area contributed by atoms with Gasteiger partial charge in [-0.1, -0.05) is 15.9 Å². The lowest BCUT2D eigenvalue weighted by atomic mass is 10.1. The van der Waals surface area contributed by atoms with Gasteiger partial charge in [-0.3, -0.25) is 4.79 Å². The average molecular weight is 283 g/mol. The first-order valence-electron chi connectivity index (χ1n) is 4.24. The summed E-state index contributed by atoms with van der Waals surface area (Å²) in [5.74, 6) is 0.180. The maximum Gasteiger partial charge on any atom is 0.160 e. The van der Waals surface area contributed by atoms with Gasteiger partial charge in [0, 0.05) is 15.6 Å². The molecular formula is C11H7BrO2S. The molecule has 0 bridgehead atoms. The number of hydrogen-bond acceptors (Lipinski definition) is 3. The molecule has 76 valence electrons. The molecule has 2 aromatic rings. The number of aldehydes is 1. The van der Waals surface area contributed by atoms with Crippen LogP contribution in [-0.2, 0) is 0 Å². The summed E-state index contributed by atoms with van der Waals surface area (Å²) in [5, 5.41) is 11.5. The number of hydrogen-bond donors (Lipinski definition) is 1. The van der Waals surface area contributed by atoms with Gasteiger partial charge in [0.25, 0.3) is 0 Å². The summed E-state index contributed by atoms with van der Waals surface area (Å²) in [6, 6.07) is 6.98. The molecule has 1 N–H and O–H groups in total. The number of aromatic hydroxyl groups is 1. The fourth-order valence-electron chi connectivity index (χ4n) is 1.36. The summed E-state index contributed by atoms with van der Waals surface area (Å²) in [6.45, 7) is 0. The maximum atomic E-state index is 10.8. The van der Waals surface area contributed by atoms with Crippen molar-refractivity contribution in [2.45, 2.75) is 0 Å². The number of halogens is 1. The van der Waals surface area contributed by atoms with Gasteiger partial charge in [-0.2, -0.15) is 0 Å². The van der Waals surface area contributed by atoms with Gasteiger partial charge in [-0.15, -0.1) is 11.3 Å². The van der Waals surface area contributed by atoms with Crippen LogP contribution in [0, 0.1) is 0 Å². The third-order valence-electron chi connectivity index (χ3n) is 2.05. The number of rotatable bonds is 2. The zero-order chi connectivity index (χ0) is 10.8. The summed E-state index contributed by atoms with van der Waals surface area (Å²) >= 11 is 4.70. The van der Waals surface area contributed by atoms with Crippen LogP contribution < -0.4 is 0 Å².